The summed E-state index contributed by atoms with van der Waals surface area (Å²) in [6.45, 7) is 3.20. The van der Waals surface area contributed by atoms with Crippen LogP contribution in [0.3, 0.4) is 0 Å². The molecule has 0 aliphatic heterocycles. The van der Waals surface area contributed by atoms with E-state index >= 15 is 0 Å². The van der Waals surface area contributed by atoms with E-state index in [1.54, 1.807) is 12.1 Å². The minimum absolute atomic E-state index is 0.0844. The molecular weight excluding hydrogens is 399 g/mol. The molecule has 1 N–H and O–H groups in total. The SMILES string of the molecule is Cc1cccc(CNC(=O)C2CCCc3c2c2ccccc2n3Cc2cccc(F)c2)c1. The van der Waals surface area contributed by atoms with Crippen molar-refractivity contribution in [1.82, 2.24) is 9.88 Å². The molecule has 32 heavy (non-hydrogen) atoms. The van der Waals surface area contributed by atoms with Crippen molar-refractivity contribution < 1.29 is 9.18 Å². The highest BCUT2D eigenvalue weighted by Gasteiger charge is 2.31. The second-order valence-corrected chi connectivity index (χ2v) is 8.75. The van der Waals surface area contributed by atoms with Crippen molar-refractivity contribution in [3.05, 3.63) is 107 Å². The van der Waals surface area contributed by atoms with Gasteiger partial charge in [-0.25, -0.2) is 4.39 Å². The summed E-state index contributed by atoms with van der Waals surface area (Å²) in [7, 11) is 0. The van der Waals surface area contributed by atoms with Gasteiger partial charge >= 0.3 is 0 Å². The fourth-order valence-corrected chi connectivity index (χ4v) is 5.05. The highest BCUT2D eigenvalue weighted by Crippen LogP contribution is 2.39. The Bertz CT molecular complexity index is 1290. The van der Waals surface area contributed by atoms with Gasteiger partial charge in [0.25, 0.3) is 0 Å². The van der Waals surface area contributed by atoms with Crippen LogP contribution in [0.25, 0.3) is 10.9 Å². The van der Waals surface area contributed by atoms with Gasteiger partial charge in [-0.1, -0.05) is 60.2 Å². The Balaban J connectivity index is 1.49. The van der Waals surface area contributed by atoms with Gasteiger partial charge in [-0.3, -0.25) is 4.79 Å². The molecule has 4 aromatic rings. The molecule has 1 amide bonds. The Hall–Kier alpha value is -3.40. The van der Waals surface area contributed by atoms with Gasteiger partial charge in [0.2, 0.25) is 5.91 Å². The highest BCUT2D eigenvalue weighted by atomic mass is 19.1. The molecule has 1 aromatic heterocycles. The summed E-state index contributed by atoms with van der Waals surface area (Å²) in [5, 5.41) is 4.30. The minimum atomic E-state index is -0.221. The first-order chi connectivity index (χ1) is 15.6. The van der Waals surface area contributed by atoms with E-state index in [0.717, 1.165) is 46.9 Å². The molecule has 0 spiro atoms. The molecule has 3 aromatic carbocycles. The number of fused-ring (bicyclic) bond motifs is 3. The molecule has 1 heterocycles. The third-order valence-corrected chi connectivity index (χ3v) is 6.47. The normalized spacial score (nSPS) is 15.5. The maximum atomic E-state index is 13.8. The predicted octanol–water partition coefficient (Wildman–Crippen LogP) is 5.87. The summed E-state index contributed by atoms with van der Waals surface area (Å²) < 4.78 is 16.1. The van der Waals surface area contributed by atoms with Crippen LogP contribution in [0.1, 0.15) is 46.7 Å². The van der Waals surface area contributed by atoms with Crippen LogP contribution in [0.2, 0.25) is 0 Å². The van der Waals surface area contributed by atoms with E-state index in [0.29, 0.717) is 13.1 Å². The molecule has 1 unspecified atom stereocenters. The van der Waals surface area contributed by atoms with Crippen LogP contribution < -0.4 is 5.32 Å². The number of aromatic nitrogens is 1. The molecule has 162 valence electrons. The first kappa shape index (κ1) is 20.5. The number of benzene rings is 3. The number of amides is 1. The number of rotatable bonds is 5. The molecule has 4 heteroatoms. The number of halogens is 1. The van der Waals surface area contributed by atoms with Gasteiger partial charge in [0.1, 0.15) is 5.82 Å². The minimum Gasteiger partial charge on any atom is -0.351 e. The van der Waals surface area contributed by atoms with Gasteiger partial charge < -0.3 is 9.88 Å². The third kappa shape index (κ3) is 3.93. The van der Waals surface area contributed by atoms with Crippen molar-refractivity contribution in [3.8, 4) is 0 Å². The molecule has 0 fully saturated rings. The quantitative estimate of drug-likeness (QED) is 0.425. The van der Waals surface area contributed by atoms with Crippen molar-refractivity contribution in [2.75, 3.05) is 0 Å². The number of para-hydroxylation sites is 1. The molecule has 3 nitrogen and oxygen atoms in total. The Morgan fingerprint density at radius 1 is 1.03 bits per heavy atom. The number of hydrogen-bond donors (Lipinski definition) is 1. The van der Waals surface area contributed by atoms with E-state index in [2.05, 4.69) is 41.1 Å². The van der Waals surface area contributed by atoms with E-state index in [4.69, 9.17) is 0 Å². The molecule has 1 aliphatic carbocycles. The van der Waals surface area contributed by atoms with Gasteiger partial charge in [-0.05, 0) is 61.1 Å². The van der Waals surface area contributed by atoms with Gasteiger partial charge in [0, 0.05) is 29.7 Å². The van der Waals surface area contributed by atoms with E-state index < -0.39 is 0 Å². The molecular formula is C28H27FN2O. The van der Waals surface area contributed by atoms with E-state index in [1.165, 1.54) is 17.3 Å². The van der Waals surface area contributed by atoms with Crippen LogP contribution in [0.4, 0.5) is 4.39 Å². The maximum Gasteiger partial charge on any atom is 0.227 e. The molecule has 0 saturated carbocycles. The van der Waals surface area contributed by atoms with E-state index in [-0.39, 0.29) is 17.6 Å². The van der Waals surface area contributed by atoms with Crippen molar-refractivity contribution in [3.63, 3.8) is 0 Å². The average Bonchev–Trinajstić information content (AvgIpc) is 3.11. The fourth-order valence-electron chi connectivity index (χ4n) is 5.05. The summed E-state index contributed by atoms with van der Waals surface area (Å²) >= 11 is 0. The maximum absolute atomic E-state index is 13.8. The Labute approximate surface area is 187 Å². The van der Waals surface area contributed by atoms with Crippen LogP contribution in [-0.2, 0) is 24.3 Å². The monoisotopic (exact) mass is 426 g/mol. The molecule has 0 saturated heterocycles. The zero-order chi connectivity index (χ0) is 22.1. The van der Waals surface area contributed by atoms with E-state index in [9.17, 15) is 9.18 Å². The lowest BCUT2D eigenvalue weighted by atomic mass is 9.84. The van der Waals surface area contributed by atoms with Gasteiger partial charge in [-0.15, -0.1) is 0 Å². The van der Waals surface area contributed by atoms with Gasteiger partial charge in [0.05, 0.1) is 5.92 Å². The number of hydrogen-bond acceptors (Lipinski definition) is 1. The third-order valence-electron chi connectivity index (χ3n) is 6.47. The summed E-state index contributed by atoms with van der Waals surface area (Å²) in [4.78, 5) is 13.3. The second-order valence-electron chi connectivity index (χ2n) is 8.75. The summed E-state index contributed by atoms with van der Waals surface area (Å²) in [6.07, 6.45) is 2.75. The zero-order valence-corrected chi connectivity index (χ0v) is 18.3. The molecule has 0 radical (unpaired) electrons. The smallest absolute Gasteiger partial charge is 0.227 e. The molecule has 0 bridgehead atoms. The standard InChI is InChI=1S/C28H27FN2O/c1-19-7-4-8-20(15-19)17-30-28(32)24-12-6-14-26-27(24)23-11-2-3-13-25(23)31(26)18-21-9-5-10-22(29)16-21/h2-5,7-11,13,15-16,24H,6,12,14,17-18H2,1H3,(H,30,32). The van der Waals surface area contributed by atoms with Gasteiger partial charge in [0.15, 0.2) is 0 Å². The second kappa shape index (κ2) is 8.62. The largest absolute Gasteiger partial charge is 0.351 e. The van der Waals surface area contributed by atoms with Gasteiger partial charge in [-0.2, -0.15) is 0 Å². The summed E-state index contributed by atoms with van der Waals surface area (Å²) in [6, 6.07) is 23.3. The lowest BCUT2D eigenvalue weighted by molar-refractivity contribution is -0.123. The molecule has 1 atom stereocenters. The van der Waals surface area contributed by atoms with Crippen molar-refractivity contribution in [2.45, 2.75) is 45.2 Å². The van der Waals surface area contributed by atoms with Crippen LogP contribution >= 0.6 is 0 Å². The van der Waals surface area contributed by atoms with Crippen LogP contribution in [-0.4, -0.2) is 10.5 Å². The highest BCUT2D eigenvalue weighted by molar-refractivity contribution is 5.94. The number of nitrogens with one attached hydrogen (secondary N) is 1. The average molecular weight is 427 g/mol. The van der Waals surface area contributed by atoms with Crippen LogP contribution in [0.5, 0.6) is 0 Å². The lowest BCUT2D eigenvalue weighted by Gasteiger charge is -2.24. The van der Waals surface area contributed by atoms with Crippen LogP contribution in [0.15, 0.2) is 72.8 Å². The zero-order valence-electron chi connectivity index (χ0n) is 18.3. The Morgan fingerprint density at radius 2 is 1.84 bits per heavy atom. The first-order valence-corrected chi connectivity index (χ1v) is 11.3. The number of carbonyl (C=O) groups is 1. The number of aryl methyl sites for hydroxylation is 1. The van der Waals surface area contributed by atoms with Crippen LogP contribution in [0, 0.1) is 12.7 Å². The molecule has 1 aliphatic rings. The summed E-state index contributed by atoms with van der Waals surface area (Å²) in [5.41, 5.74) is 6.70. The topological polar surface area (TPSA) is 34.0 Å². The fraction of sp³-hybridized carbons (Fsp3) is 0.250. The molecule has 5 rings (SSSR count). The van der Waals surface area contributed by atoms with E-state index in [1.807, 2.05) is 30.3 Å². The Kier molecular flexibility index (Phi) is 5.52. The lowest BCUT2D eigenvalue weighted by Crippen LogP contribution is -2.31. The number of nitrogens with zero attached hydrogens (tertiary/aromatic N) is 1. The Morgan fingerprint density at radius 3 is 2.69 bits per heavy atom. The number of carbonyl (C=O) groups excluding carboxylic acids is 1. The van der Waals surface area contributed by atoms with Crippen molar-refractivity contribution in [2.24, 2.45) is 0 Å². The summed E-state index contributed by atoms with van der Waals surface area (Å²) in [5.74, 6) is -0.301. The first-order valence-electron chi connectivity index (χ1n) is 11.3. The van der Waals surface area contributed by atoms with Crippen molar-refractivity contribution in [1.29, 1.82) is 0 Å². The van der Waals surface area contributed by atoms with Crippen molar-refractivity contribution >= 4 is 16.8 Å². The predicted molar refractivity (Wildman–Crippen MR) is 126 cm³/mol.